The minimum Gasteiger partial charge on any atom is -0.232 e. The van der Waals surface area contributed by atoms with Crippen LogP contribution >= 0.6 is 35.0 Å². The minimum absolute atomic E-state index is 0.295. The fourth-order valence-corrected chi connectivity index (χ4v) is 2.67. The van der Waals surface area contributed by atoms with E-state index in [-0.39, 0.29) is 0 Å². The molecule has 1 aliphatic rings. The SMILES string of the molecule is Clc1ccc(C2CSCC[N]2)cc1Cl. The highest BCUT2D eigenvalue weighted by Crippen LogP contribution is 2.29. The first-order chi connectivity index (χ1) is 6.77. The monoisotopic (exact) mass is 246 g/mol. The molecule has 1 aromatic carbocycles. The Morgan fingerprint density at radius 3 is 2.79 bits per heavy atom. The number of halogens is 2. The number of benzene rings is 1. The summed E-state index contributed by atoms with van der Waals surface area (Å²) >= 11 is 13.7. The van der Waals surface area contributed by atoms with E-state index in [4.69, 9.17) is 23.2 Å². The van der Waals surface area contributed by atoms with Crippen molar-refractivity contribution in [3.05, 3.63) is 33.8 Å². The van der Waals surface area contributed by atoms with E-state index in [1.54, 1.807) is 0 Å². The maximum atomic E-state index is 5.95. The van der Waals surface area contributed by atoms with E-state index in [9.17, 15) is 0 Å². The van der Waals surface area contributed by atoms with Gasteiger partial charge in [0, 0.05) is 18.1 Å². The Labute approximate surface area is 98.2 Å². The van der Waals surface area contributed by atoms with E-state index in [1.165, 1.54) is 5.56 Å². The first-order valence-corrected chi connectivity index (χ1v) is 6.38. The van der Waals surface area contributed by atoms with Gasteiger partial charge in [0.05, 0.1) is 16.1 Å². The van der Waals surface area contributed by atoms with Crippen LogP contribution in [0, 0.1) is 0 Å². The van der Waals surface area contributed by atoms with Crippen LogP contribution in [0.1, 0.15) is 11.6 Å². The molecule has 2 rings (SSSR count). The van der Waals surface area contributed by atoms with Gasteiger partial charge >= 0.3 is 0 Å². The summed E-state index contributed by atoms with van der Waals surface area (Å²) in [7, 11) is 0. The fraction of sp³-hybridized carbons (Fsp3) is 0.400. The number of hydrogen-bond donors (Lipinski definition) is 0. The summed E-state index contributed by atoms with van der Waals surface area (Å²) in [5.74, 6) is 2.19. The van der Waals surface area contributed by atoms with Crippen LogP contribution < -0.4 is 5.32 Å². The van der Waals surface area contributed by atoms with Gasteiger partial charge in [-0.3, -0.25) is 0 Å². The van der Waals surface area contributed by atoms with Gasteiger partial charge in [-0.2, -0.15) is 11.8 Å². The van der Waals surface area contributed by atoms with Crippen molar-refractivity contribution in [2.45, 2.75) is 6.04 Å². The van der Waals surface area contributed by atoms with Crippen LogP contribution in [-0.4, -0.2) is 18.1 Å². The maximum absolute atomic E-state index is 5.95. The Hall–Kier alpha value is 0.110. The summed E-state index contributed by atoms with van der Waals surface area (Å²) in [5.41, 5.74) is 1.17. The highest BCUT2D eigenvalue weighted by molar-refractivity contribution is 7.99. The van der Waals surface area contributed by atoms with Crippen molar-refractivity contribution in [1.29, 1.82) is 0 Å². The van der Waals surface area contributed by atoms with Gasteiger partial charge in [0.15, 0.2) is 0 Å². The Morgan fingerprint density at radius 1 is 1.29 bits per heavy atom. The zero-order valence-electron chi connectivity index (χ0n) is 7.54. The second kappa shape index (κ2) is 4.75. The fourth-order valence-electron chi connectivity index (χ4n) is 1.44. The zero-order chi connectivity index (χ0) is 9.97. The van der Waals surface area contributed by atoms with E-state index in [0.29, 0.717) is 16.1 Å². The van der Waals surface area contributed by atoms with Gasteiger partial charge in [-0.15, -0.1) is 0 Å². The molecule has 1 saturated heterocycles. The lowest BCUT2D eigenvalue weighted by atomic mass is 10.1. The molecule has 0 spiro atoms. The Morgan fingerprint density at radius 2 is 2.14 bits per heavy atom. The highest BCUT2D eigenvalue weighted by atomic mass is 35.5. The first-order valence-electron chi connectivity index (χ1n) is 4.46. The molecular formula is C10H10Cl2NS. The molecule has 1 unspecified atom stereocenters. The van der Waals surface area contributed by atoms with Crippen molar-refractivity contribution in [3.63, 3.8) is 0 Å². The molecule has 0 N–H and O–H groups in total. The van der Waals surface area contributed by atoms with Crippen molar-refractivity contribution in [3.8, 4) is 0 Å². The number of rotatable bonds is 1. The van der Waals surface area contributed by atoms with Gasteiger partial charge in [-0.05, 0) is 17.7 Å². The molecule has 0 amide bonds. The van der Waals surface area contributed by atoms with Gasteiger partial charge in [-0.1, -0.05) is 29.3 Å². The Kier molecular flexibility index (Phi) is 3.61. The van der Waals surface area contributed by atoms with Crippen LogP contribution in [0.2, 0.25) is 10.0 Å². The average molecular weight is 247 g/mol. The van der Waals surface area contributed by atoms with E-state index in [2.05, 4.69) is 5.32 Å². The largest absolute Gasteiger partial charge is 0.232 e. The highest BCUT2D eigenvalue weighted by Gasteiger charge is 2.16. The van der Waals surface area contributed by atoms with Gasteiger partial charge < -0.3 is 0 Å². The van der Waals surface area contributed by atoms with Gasteiger partial charge in [0.25, 0.3) is 0 Å². The molecule has 0 bridgehead atoms. The number of nitrogens with zero attached hydrogens (tertiary/aromatic N) is 1. The smallest absolute Gasteiger partial charge is 0.0595 e. The van der Waals surface area contributed by atoms with Crippen molar-refractivity contribution >= 4 is 35.0 Å². The molecule has 1 heterocycles. The third kappa shape index (κ3) is 2.37. The van der Waals surface area contributed by atoms with Crippen molar-refractivity contribution in [2.24, 2.45) is 0 Å². The van der Waals surface area contributed by atoms with Crippen molar-refractivity contribution in [2.75, 3.05) is 18.1 Å². The Balaban J connectivity index is 2.18. The lowest BCUT2D eigenvalue weighted by Gasteiger charge is -2.21. The maximum Gasteiger partial charge on any atom is 0.0595 e. The molecule has 0 aromatic heterocycles. The topological polar surface area (TPSA) is 14.1 Å². The van der Waals surface area contributed by atoms with E-state index in [1.807, 2.05) is 30.0 Å². The molecule has 0 saturated carbocycles. The van der Waals surface area contributed by atoms with E-state index >= 15 is 0 Å². The van der Waals surface area contributed by atoms with Crippen LogP contribution in [0.3, 0.4) is 0 Å². The lowest BCUT2D eigenvalue weighted by molar-refractivity contribution is 0.581. The summed E-state index contributed by atoms with van der Waals surface area (Å²) < 4.78 is 0. The molecule has 0 aliphatic carbocycles. The van der Waals surface area contributed by atoms with Crippen LogP contribution in [0.25, 0.3) is 0 Å². The summed E-state index contributed by atoms with van der Waals surface area (Å²) in [6, 6.07) is 6.06. The molecule has 1 fully saturated rings. The molecule has 75 valence electrons. The van der Waals surface area contributed by atoms with E-state index in [0.717, 1.165) is 18.1 Å². The minimum atomic E-state index is 0.295. The average Bonchev–Trinajstić information content (AvgIpc) is 2.23. The molecule has 1 atom stereocenters. The van der Waals surface area contributed by atoms with Crippen LogP contribution in [0.4, 0.5) is 0 Å². The molecule has 14 heavy (non-hydrogen) atoms. The predicted octanol–water partition coefficient (Wildman–Crippen LogP) is 3.39. The standard InChI is InChI=1S/C10H10Cl2NS/c11-8-2-1-7(5-9(8)12)10-6-14-4-3-13-10/h1-2,5,10H,3-4,6H2. The third-order valence-electron chi connectivity index (χ3n) is 2.19. The third-order valence-corrected chi connectivity index (χ3v) is 3.95. The lowest BCUT2D eigenvalue weighted by Crippen LogP contribution is -2.23. The molecule has 1 radical (unpaired) electrons. The second-order valence-corrected chi connectivity index (χ2v) is 5.13. The quantitative estimate of drug-likeness (QED) is 0.741. The van der Waals surface area contributed by atoms with Gasteiger partial charge in [-0.25, -0.2) is 5.32 Å². The number of hydrogen-bond acceptors (Lipinski definition) is 1. The summed E-state index contributed by atoms with van der Waals surface area (Å²) in [6.07, 6.45) is 0. The second-order valence-electron chi connectivity index (χ2n) is 3.17. The van der Waals surface area contributed by atoms with Crippen molar-refractivity contribution in [1.82, 2.24) is 5.32 Å². The molecular weight excluding hydrogens is 237 g/mol. The van der Waals surface area contributed by atoms with Gasteiger partial charge in [0.1, 0.15) is 0 Å². The summed E-state index contributed by atoms with van der Waals surface area (Å²) in [4.78, 5) is 0. The molecule has 1 nitrogen and oxygen atoms in total. The van der Waals surface area contributed by atoms with E-state index < -0.39 is 0 Å². The first kappa shape index (κ1) is 10.6. The molecule has 1 aliphatic heterocycles. The normalized spacial score (nSPS) is 22.3. The van der Waals surface area contributed by atoms with Crippen LogP contribution in [0.15, 0.2) is 18.2 Å². The molecule has 4 heteroatoms. The van der Waals surface area contributed by atoms with Crippen LogP contribution in [0.5, 0.6) is 0 Å². The summed E-state index contributed by atoms with van der Waals surface area (Å²) in [5, 5.41) is 5.78. The molecule has 1 aromatic rings. The van der Waals surface area contributed by atoms with Crippen LogP contribution in [-0.2, 0) is 0 Å². The predicted molar refractivity (Wildman–Crippen MR) is 63.5 cm³/mol. The zero-order valence-corrected chi connectivity index (χ0v) is 9.87. The summed E-state index contributed by atoms with van der Waals surface area (Å²) in [6.45, 7) is 0.940. The van der Waals surface area contributed by atoms with Gasteiger partial charge in [0.2, 0.25) is 0 Å². The Bertz CT molecular complexity index is 324. The number of thioether (sulfide) groups is 1. The van der Waals surface area contributed by atoms with Crippen molar-refractivity contribution < 1.29 is 0 Å².